The van der Waals surface area contributed by atoms with E-state index >= 15 is 0 Å². The van der Waals surface area contributed by atoms with Gasteiger partial charge >= 0.3 is 6.18 Å². The molecule has 3 aromatic carbocycles. The van der Waals surface area contributed by atoms with E-state index in [4.69, 9.17) is 4.74 Å². The molecule has 1 aromatic heterocycles. The molecule has 9 nitrogen and oxygen atoms in total. The summed E-state index contributed by atoms with van der Waals surface area (Å²) in [5.74, 6) is -0.336. The number of ether oxygens (including phenoxy) is 1. The Morgan fingerprint density at radius 1 is 1.08 bits per heavy atom. The van der Waals surface area contributed by atoms with Crippen LogP contribution in [0.5, 0.6) is 5.75 Å². The normalized spacial score (nSPS) is 17.1. The van der Waals surface area contributed by atoms with E-state index in [2.05, 4.69) is 15.1 Å². The number of aromatic nitrogens is 2. The Balaban J connectivity index is 1.44. The Morgan fingerprint density at radius 2 is 1.76 bits per heavy atom. The van der Waals surface area contributed by atoms with Gasteiger partial charge in [-0.2, -0.15) is 23.0 Å². The monoisotopic (exact) mass is 546 g/mol. The number of carbonyl (C=O) groups excluding carboxylic acids is 1. The summed E-state index contributed by atoms with van der Waals surface area (Å²) in [6, 6.07) is 17.9. The number of amides is 1. The van der Waals surface area contributed by atoms with Crippen molar-refractivity contribution < 1.29 is 36.9 Å². The van der Waals surface area contributed by atoms with Gasteiger partial charge in [0.25, 0.3) is 5.91 Å². The predicted octanol–water partition coefficient (Wildman–Crippen LogP) is 5.44. The van der Waals surface area contributed by atoms with E-state index in [-0.39, 0.29) is 22.0 Å². The minimum absolute atomic E-state index is 0.173. The van der Waals surface area contributed by atoms with E-state index in [0.717, 1.165) is 4.68 Å². The van der Waals surface area contributed by atoms with Gasteiger partial charge in [0.05, 0.1) is 17.7 Å². The zero-order valence-electron chi connectivity index (χ0n) is 19.6. The first-order valence-electron chi connectivity index (χ1n) is 11.1. The molecule has 13 heteroatoms. The highest BCUT2D eigenvalue weighted by Gasteiger charge is 2.37. The van der Waals surface area contributed by atoms with Gasteiger partial charge in [0.15, 0.2) is 5.69 Å². The number of methoxy groups -OCH3 is 1. The van der Waals surface area contributed by atoms with E-state index < -0.39 is 34.8 Å². The molecule has 5 N–H and O–H groups in total. The average Bonchev–Trinajstić information content (AvgIpc) is 3.44. The molecule has 0 aliphatic carbocycles. The molecule has 1 amide bonds. The second-order valence-electron chi connectivity index (χ2n) is 8.35. The summed E-state index contributed by atoms with van der Waals surface area (Å²) in [6.07, 6.45) is -5.99. The lowest BCUT2D eigenvalue weighted by Crippen LogP contribution is -2.17. The van der Waals surface area contributed by atoms with E-state index in [1.165, 1.54) is 43.5 Å². The molecule has 0 bridgehead atoms. The van der Waals surface area contributed by atoms with Crippen molar-refractivity contribution in [3.8, 4) is 22.6 Å². The largest absolute Gasteiger partial charge is 0.497 e. The maximum absolute atomic E-state index is 13.4. The summed E-state index contributed by atoms with van der Waals surface area (Å²) in [6.45, 7) is 0. The molecule has 1 aliphatic heterocycles. The van der Waals surface area contributed by atoms with Crippen molar-refractivity contribution in [3.05, 3.63) is 89.7 Å². The summed E-state index contributed by atoms with van der Waals surface area (Å²) in [5, 5.41) is 16.2. The van der Waals surface area contributed by atoms with Crippen LogP contribution in [-0.4, -0.2) is 37.0 Å². The van der Waals surface area contributed by atoms with Crippen LogP contribution in [0.2, 0.25) is 0 Å². The minimum atomic E-state index is -4.76. The van der Waals surface area contributed by atoms with Gasteiger partial charge in [0.1, 0.15) is 17.7 Å². The van der Waals surface area contributed by atoms with E-state index in [9.17, 15) is 32.2 Å². The van der Waals surface area contributed by atoms with Crippen molar-refractivity contribution >= 4 is 22.4 Å². The Morgan fingerprint density at radius 3 is 2.39 bits per heavy atom. The van der Waals surface area contributed by atoms with Gasteiger partial charge < -0.3 is 15.2 Å². The Bertz CT molecular complexity index is 1510. The van der Waals surface area contributed by atoms with Crippen molar-refractivity contribution in [2.45, 2.75) is 17.3 Å². The number of aliphatic hydroxyl groups excluding tert-OH is 1. The molecule has 0 spiro atoms. The number of aliphatic hydroxyl groups is 1. The third kappa shape index (κ3) is 4.73. The fraction of sp³-hybridized carbons (Fsp3) is 0.120. The van der Waals surface area contributed by atoms with Crippen LogP contribution in [0.3, 0.4) is 0 Å². The number of hydrogen-bond donors (Lipinski definition) is 5. The van der Waals surface area contributed by atoms with Crippen LogP contribution in [0.25, 0.3) is 16.8 Å². The van der Waals surface area contributed by atoms with Crippen molar-refractivity contribution in [3.63, 3.8) is 0 Å². The number of halogens is 3. The number of alkyl halides is 3. The third-order valence-electron chi connectivity index (χ3n) is 5.90. The number of nitrogens with one attached hydrogen (secondary N) is 2. The maximum Gasteiger partial charge on any atom is 0.435 e. The lowest BCUT2D eigenvalue weighted by Gasteiger charge is -2.29. The van der Waals surface area contributed by atoms with E-state index in [1.54, 1.807) is 30.3 Å². The topological polar surface area (TPSA) is 129 Å². The van der Waals surface area contributed by atoms with E-state index in [1.807, 2.05) is 0 Å². The number of benzene rings is 3. The molecule has 1 unspecified atom stereocenters. The van der Waals surface area contributed by atoms with Crippen LogP contribution in [0, 0.1) is 0 Å². The molecular weight excluding hydrogens is 525 g/mol. The molecular formula is C25H21F3N4O5S. The molecule has 38 heavy (non-hydrogen) atoms. The highest BCUT2D eigenvalue weighted by Crippen LogP contribution is 2.57. The Kier molecular flexibility index (Phi) is 6.41. The fourth-order valence-corrected chi connectivity index (χ4v) is 5.68. The molecule has 1 aliphatic rings. The van der Waals surface area contributed by atoms with Crippen LogP contribution in [0.4, 0.5) is 18.9 Å². The molecule has 0 saturated carbocycles. The first-order chi connectivity index (χ1) is 18.0. The summed E-state index contributed by atoms with van der Waals surface area (Å²) in [5.41, 5.74) is 0.340. The first-order valence-corrected chi connectivity index (χ1v) is 12.6. The number of hydrogen-bond acceptors (Lipinski definition) is 7. The van der Waals surface area contributed by atoms with Crippen molar-refractivity contribution in [2.24, 2.45) is 0 Å². The second kappa shape index (κ2) is 9.45. The Labute approximate surface area is 216 Å². The predicted molar refractivity (Wildman–Crippen MR) is 134 cm³/mol. The standard InChI is InChI=1S/C25H21F3N4O5S/c1-37-17-11-9-16(10-12-17)32-20(13-21(30-32)25(26,27)28)24(34)29-15-7-5-14(6-8-15)18-3-2-4-19-22(18)38(35,36)31-23(19)33/h2-13,23,31,33,35-36H,1H3,(H,29,34). The summed E-state index contributed by atoms with van der Waals surface area (Å²) >= 11 is 0. The number of anilines is 1. The van der Waals surface area contributed by atoms with Crippen LogP contribution >= 0.6 is 10.8 Å². The van der Waals surface area contributed by atoms with Crippen molar-refractivity contribution in [1.82, 2.24) is 14.5 Å². The van der Waals surface area contributed by atoms with Gasteiger partial charge in [-0.15, -0.1) is 10.8 Å². The smallest absolute Gasteiger partial charge is 0.435 e. The van der Waals surface area contributed by atoms with Crippen LogP contribution in [-0.2, 0) is 6.18 Å². The summed E-state index contributed by atoms with van der Waals surface area (Å²) in [7, 11) is -1.97. The first kappa shape index (κ1) is 25.8. The van der Waals surface area contributed by atoms with Gasteiger partial charge in [0.2, 0.25) is 0 Å². The molecule has 0 fully saturated rings. The molecule has 198 valence electrons. The maximum atomic E-state index is 13.4. The fourth-order valence-electron chi connectivity index (χ4n) is 4.12. The van der Waals surface area contributed by atoms with Crippen LogP contribution < -0.4 is 14.8 Å². The molecule has 1 atom stereocenters. The highest BCUT2D eigenvalue weighted by atomic mass is 32.3. The van der Waals surface area contributed by atoms with Crippen LogP contribution in [0.15, 0.2) is 77.7 Å². The molecule has 5 rings (SSSR count). The SMILES string of the molecule is COc1ccc(-n2nc(C(F)(F)F)cc2C(=O)Nc2ccc(-c3cccc4c3S(O)(O)NC4O)cc2)cc1. The third-order valence-corrected chi connectivity index (χ3v) is 7.48. The minimum Gasteiger partial charge on any atom is -0.497 e. The number of fused-ring (bicyclic) bond motifs is 1. The number of nitrogens with zero attached hydrogens (tertiary/aromatic N) is 2. The van der Waals surface area contributed by atoms with Gasteiger partial charge in [0, 0.05) is 22.9 Å². The van der Waals surface area contributed by atoms with Crippen molar-refractivity contribution in [2.75, 3.05) is 12.4 Å². The summed E-state index contributed by atoms with van der Waals surface area (Å²) < 4.78 is 69.3. The molecule has 4 aromatic rings. The Hall–Kier alpha value is -3.88. The van der Waals surface area contributed by atoms with Gasteiger partial charge in [-0.25, -0.2) is 4.68 Å². The summed E-state index contributed by atoms with van der Waals surface area (Å²) in [4.78, 5) is 13.2. The number of carbonyl (C=O) groups is 1. The lowest BCUT2D eigenvalue weighted by molar-refractivity contribution is -0.141. The highest BCUT2D eigenvalue weighted by molar-refractivity contribution is 8.23. The van der Waals surface area contributed by atoms with Gasteiger partial charge in [-0.3, -0.25) is 13.9 Å². The molecule has 2 heterocycles. The zero-order chi connectivity index (χ0) is 27.2. The number of rotatable bonds is 5. The second-order valence-corrected chi connectivity index (χ2v) is 10.1. The molecule has 0 saturated heterocycles. The van der Waals surface area contributed by atoms with E-state index in [0.29, 0.717) is 28.5 Å². The average molecular weight is 547 g/mol. The van der Waals surface area contributed by atoms with Gasteiger partial charge in [-0.1, -0.05) is 30.3 Å². The lowest BCUT2D eigenvalue weighted by atomic mass is 10.0. The van der Waals surface area contributed by atoms with Gasteiger partial charge in [-0.05, 0) is 42.0 Å². The van der Waals surface area contributed by atoms with Crippen molar-refractivity contribution in [1.29, 1.82) is 0 Å². The van der Waals surface area contributed by atoms with Crippen LogP contribution in [0.1, 0.15) is 28.0 Å². The molecule has 0 radical (unpaired) electrons. The quantitative estimate of drug-likeness (QED) is 0.226. The zero-order valence-corrected chi connectivity index (χ0v) is 20.4.